The maximum absolute atomic E-state index is 9.79. The van der Waals surface area contributed by atoms with Crippen LogP contribution in [0.2, 0.25) is 0 Å². The summed E-state index contributed by atoms with van der Waals surface area (Å²) in [5.74, 6) is -0.759. The van der Waals surface area contributed by atoms with E-state index in [1.807, 2.05) is 0 Å². The van der Waals surface area contributed by atoms with Gasteiger partial charge in [-0.2, -0.15) is 0 Å². The fourth-order valence-corrected chi connectivity index (χ4v) is 0. The average molecular weight is 246 g/mol. The monoisotopic (exact) mass is 246 g/mol. The van der Waals surface area contributed by atoms with E-state index in [-0.39, 0.29) is 47.5 Å². The summed E-state index contributed by atoms with van der Waals surface area (Å²) in [5, 5.41) is 0. The molecule has 0 bridgehead atoms. The van der Waals surface area contributed by atoms with E-state index < -0.39 is 0 Å². The maximum atomic E-state index is 9.79. The molecule has 52 valence electrons. The Labute approximate surface area is 71.1 Å². The average Bonchev–Trinajstić information content (AvgIpc) is 1.36. The van der Waals surface area contributed by atoms with Crippen molar-refractivity contribution >= 4 is 11.6 Å². The zero-order chi connectivity index (χ0) is 5.15. The van der Waals surface area contributed by atoms with Crippen molar-refractivity contribution in [1.29, 1.82) is 0 Å². The quantitative estimate of drug-likeness (QED) is 0.487. The second kappa shape index (κ2) is 7.46. The minimum atomic E-state index is -0.380. The summed E-state index contributed by atoms with van der Waals surface area (Å²) in [6.07, 6.45) is 0. The smallest absolute Gasteiger partial charge is 0.195 e. The minimum absolute atomic E-state index is 0. The molecule has 4 heteroatoms. The van der Waals surface area contributed by atoms with Crippen molar-refractivity contribution in [2.75, 3.05) is 0 Å². The Morgan fingerprint density at radius 1 is 1.00 bits per heavy atom. The van der Waals surface area contributed by atoms with Crippen LogP contribution >= 0.6 is 0 Å². The molecule has 2 nitrogen and oxygen atoms in total. The maximum Gasteiger partial charge on any atom is 0.195 e. The van der Waals surface area contributed by atoms with Crippen molar-refractivity contribution < 1.29 is 45.6 Å². The van der Waals surface area contributed by atoms with Gasteiger partial charge < -0.3 is 0 Å². The van der Waals surface area contributed by atoms with Gasteiger partial charge in [-0.15, -0.1) is 0 Å². The molecular weight excluding hydrogens is 240 g/mol. The molecule has 8 heavy (non-hydrogen) atoms. The first-order valence-corrected chi connectivity index (χ1v) is 1.66. The summed E-state index contributed by atoms with van der Waals surface area (Å²) in [6.45, 7) is 2.50. The summed E-state index contributed by atoms with van der Waals surface area (Å²) in [7, 11) is 0. The molecule has 0 fully saturated rings. The number of rotatable bonds is 1. The van der Waals surface area contributed by atoms with Crippen LogP contribution in [-0.2, 0) is 45.6 Å². The van der Waals surface area contributed by atoms with Crippen LogP contribution < -0.4 is 0 Å². The van der Waals surface area contributed by atoms with Gasteiger partial charge in [0.1, 0.15) is 0 Å². The topological polar surface area (TPSA) is 34.1 Å². The molecule has 0 unspecified atom stereocenters. The molecule has 0 aromatic heterocycles. The van der Waals surface area contributed by atoms with Crippen LogP contribution in [0, 0.1) is 0 Å². The molecular formula is C4H6NiO2Ru. The summed E-state index contributed by atoms with van der Waals surface area (Å²) in [4.78, 5) is 19.6. The van der Waals surface area contributed by atoms with Gasteiger partial charge >= 0.3 is 0 Å². The SMILES string of the molecule is CC(=O)C(C)=O.[Ni].[Ru]. The second-order valence-electron chi connectivity index (χ2n) is 1.11. The van der Waals surface area contributed by atoms with Gasteiger partial charge in [0.05, 0.1) is 0 Å². The van der Waals surface area contributed by atoms with Gasteiger partial charge in [-0.1, -0.05) is 0 Å². The molecule has 0 aliphatic carbocycles. The Morgan fingerprint density at radius 2 is 1.12 bits per heavy atom. The van der Waals surface area contributed by atoms with Gasteiger partial charge in [0, 0.05) is 49.8 Å². The fraction of sp³-hybridized carbons (Fsp3) is 0.500. The van der Waals surface area contributed by atoms with Crippen LogP contribution in [0.3, 0.4) is 0 Å². The van der Waals surface area contributed by atoms with Gasteiger partial charge in [0.15, 0.2) is 11.6 Å². The number of hydrogen-bond acceptors (Lipinski definition) is 2. The molecule has 0 amide bonds. The third-order valence-corrected chi connectivity index (χ3v) is 0.496. The molecule has 0 saturated carbocycles. The van der Waals surface area contributed by atoms with Crippen LogP contribution in [0.15, 0.2) is 0 Å². The molecule has 0 radical (unpaired) electrons. The molecule has 0 spiro atoms. The van der Waals surface area contributed by atoms with Crippen LogP contribution in [-0.4, -0.2) is 11.6 Å². The van der Waals surface area contributed by atoms with Crippen molar-refractivity contribution in [1.82, 2.24) is 0 Å². The molecule has 0 aromatic carbocycles. The first-order valence-electron chi connectivity index (χ1n) is 1.66. The van der Waals surface area contributed by atoms with E-state index in [0.717, 1.165) is 0 Å². The van der Waals surface area contributed by atoms with Crippen LogP contribution in [0.25, 0.3) is 0 Å². The van der Waals surface area contributed by atoms with Crippen LogP contribution in [0.5, 0.6) is 0 Å². The predicted octanol–water partition coefficient (Wildman–Crippen LogP) is 0.159. The molecule has 0 heterocycles. The van der Waals surface area contributed by atoms with E-state index in [9.17, 15) is 9.59 Å². The van der Waals surface area contributed by atoms with Gasteiger partial charge in [-0.3, -0.25) is 9.59 Å². The van der Waals surface area contributed by atoms with E-state index in [2.05, 4.69) is 0 Å². The van der Waals surface area contributed by atoms with E-state index in [1.54, 1.807) is 0 Å². The molecule has 0 N–H and O–H groups in total. The fourth-order valence-electron chi connectivity index (χ4n) is 0. The zero-order valence-corrected chi connectivity index (χ0v) is 7.21. The predicted molar refractivity (Wildman–Crippen MR) is 21.4 cm³/mol. The van der Waals surface area contributed by atoms with Crippen molar-refractivity contribution in [2.24, 2.45) is 0 Å². The molecule has 0 aliphatic heterocycles. The number of Topliss-reactive ketones (excluding diaryl/α,β-unsaturated/α-hetero) is 2. The molecule has 0 aromatic rings. The van der Waals surface area contributed by atoms with E-state index in [1.165, 1.54) is 13.8 Å². The van der Waals surface area contributed by atoms with E-state index in [4.69, 9.17) is 0 Å². The number of hydrogen-bond donors (Lipinski definition) is 0. The Bertz CT molecular complexity index is 80.0. The molecule has 0 rings (SSSR count). The first-order chi connectivity index (χ1) is 2.64. The third-order valence-electron chi connectivity index (χ3n) is 0.496. The summed E-state index contributed by atoms with van der Waals surface area (Å²) in [5.41, 5.74) is 0. The molecule has 0 atom stereocenters. The third kappa shape index (κ3) is 9.68. The largest absolute Gasteiger partial charge is 0.291 e. The van der Waals surface area contributed by atoms with E-state index in [0.29, 0.717) is 0 Å². The summed E-state index contributed by atoms with van der Waals surface area (Å²) in [6, 6.07) is 0. The van der Waals surface area contributed by atoms with Crippen molar-refractivity contribution in [2.45, 2.75) is 13.8 Å². The summed E-state index contributed by atoms with van der Waals surface area (Å²) >= 11 is 0. The van der Waals surface area contributed by atoms with Crippen molar-refractivity contribution in [3.8, 4) is 0 Å². The number of carbonyl (C=O) groups is 2. The van der Waals surface area contributed by atoms with Crippen LogP contribution in [0.1, 0.15) is 13.8 Å². The van der Waals surface area contributed by atoms with Gasteiger partial charge in [-0.25, -0.2) is 0 Å². The normalized spacial score (nSPS) is 5.75. The number of carbonyl (C=O) groups excluding carboxylic acids is 2. The number of ketones is 2. The Morgan fingerprint density at radius 3 is 1.12 bits per heavy atom. The Kier molecular flexibility index (Phi) is 14.7. The van der Waals surface area contributed by atoms with Gasteiger partial charge in [0.25, 0.3) is 0 Å². The van der Waals surface area contributed by atoms with Gasteiger partial charge in [0.2, 0.25) is 0 Å². The molecule has 0 aliphatic rings. The second-order valence-corrected chi connectivity index (χ2v) is 1.11. The van der Waals surface area contributed by atoms with Crippen molar-refractivity contribution in [3.63, 3.8) is 0 Å². The summed E-state index contributed by atoms with van der Waals surface area (Å²) < 4.78 is 0. The zero-order valence-electron chi connectivity index (χ0n) is 4.49. The van der Waals surface area contributed by atoms with E-state index >= 15 is 0 Å². The van der Waals surface area contributed by atoms with Crippen LogP contribution in [0.4, 0.5) is 0 Å². The standard InChI is InChI=1S/C4H6O2.Ni.Ru/c1-3(5)4(2)6;;/h1-2H3;;. The minimum Gasteiger partial charge on any atom is -0.291 e. The van der Waals surface area contributed by atoms with Gasteiger partial charge in [-0.05, 0) is 0 Å². The first kappa shape index (κ1) is 15.8. The Hall–Kier alpha value is 0.457. The Balaban J connectivity index is -0.000000125. The molecule has 0 saturated heterocycles. The van der Waals surface area contributed by atoms with Crippen molar-refractivity contribution in [3.05, 3.63) is 0 Å².